The van der Waals surface area contributed by atoms with Crippen LogP contribution in [0.25, 0.3) is 6.08 Å². The monoisotopic (exact) mass is 351 g/mol. The Hall–Kier alpha value is -2.26. The average Bonchev–Trinajstić information content (AvgIpc) is 2.60. The van der Waals surface area contributed by atoms with Crippen LogP contribution in [0.2, 0.25) is 0 Å². The summed E-state index contributed by atoms with van der Waals surface area (Å²) in [5.74, 6) is -0.181. The van der Waals surface area contributed by atoms with Gasteiger partial charge in [0.25, 0.3) is 0 Å². The van der Waals surface area contributed by atoms with Crippen LogP contribution in [-0.4, -0.2) is 12.6 Å². The van der Waals surface area contributed by atoms with E-state index < -0.39 is 6.68 Å². The minimum Gasteiger partial charge on any atom is -0.323 e. The summed E-state index contributed by atoms with van der Waals surface area (Å²) in [5, 5.41) is 2.81. The molecule has 0 aromatic heterocycles. The van der Waals surface area contributed by atoms with Gasteiger partial charge < -0.3 is 5.32 Å². The van der Waals surface area contributed by atoms with Gasteiger partial charge in [-0.3, -0.25) is 4.79 Å². The van der Waals surface area contributed by atoms with Crippen LogP contribution in [0.15, 0.2) is 42.2 Å². The van der Waals surface area contributed by atoms with Crippen molar-refractivity contribution < 1.29 is 18.0 Å². The number of hydrogen-bond acceptors (Lipinski definition) is 1. The number of hydrogen-bond donors (Lipinski definition) is 1. The largest absolute Gasteiger partial charge is 0.379 e. The first-order chi connectivity index (χ1) is 12.0. The first-order valence-corrected chi connectivity index (χ1v) is 8.39. The predicted octanol–water partition coefficient (Wildman–Crippen LogP) is 6.05. The molecule has 0 radical (unpaired) electrons. The molecule has 2 nitrogen and oxygen atoms in total. The average molecular weight is 351 g/mol. The fourth-order valence-electron chi connectivity index (χ4n) is 2.63. The quantitative estimate of drug-likeness (QED) is 0.519. The number of amides is 1. The minimum atomic E-state index is -3.67. The van der Waals surface area contributed by atoms with Crippen molar-refractivity contribution in [3.63, 3.8) is 0 Å². The molecule has 0 unspecified atom stereocenters. The zero-order chi connectivity index (χ0) is 18.7. The maximum absolute atomic E-state index is 11.4. The summed E-state index contributed by atoms with van der Waals surface area (Å²) < 4.78 is 29.0. The van der Waals surface area contributed by atoms with Gasteiger partial charge >= 0.3 is 6.68 Å². The molecule has 0 atom stereocenters. The molecular formula is C20H24F3NO. The van der Waals surface area contributed by atoms with Gasteiger partial charge in [-0.15, -0.1) is 5.73 Å². The summed E-state index contributed by atoms with van der Waals surface area (Å²) in [7, 11) is 0. The van der Waals surface area contributed by atoms with Crippen LogP contribution in [0.3, 0.4) is 0 Å². The zero-order valence-electron chi connectivity index (χ0n) is 14.5. The van der Waals surface area contributed by atoms with Gasteiger partial charge in [0.15, 0.2) is 0 Å². The van der Waals surface area contributed by atoms with Crippen molar-refractivity contribution in [2.24, 2.45) is 0 Å². The highest BCUT2D eigenvalue weighted by molar-refractivity contribution is 5.99. The molecule has 0 saturated heterocycles. The number of aryl methyl sites for hydroxylation is 1. The number of alkyl halides is 3. The van der Waals surface area contributed by atoms with E-state index in [4.69, 9.17) is 0 Å². The third-order valence-corrected chi connectivity index (χ3v) is 3.87. The van der Waals surface area contributed by atoms with E-state index in [1.807, 2.05) is 12.1 Å². The molecule has 0 bridgehead atoms. The molecule has 1 aromatic rings. The third kappa shape index (κ3) is 8.41. The van der Waals surface area contributed by atoms with Crippen molar-refractivity contribution in [2.45, 2.75) is 52.1 Å². The van der Waals surface area contributed by atoms with Crippen LogP contribution in [0.5, 0.6) is 0 Å². The van der Waals surface area contributed by atoms with Gasteiger partial charge in [0.2, 0.25) is 5.91 Å². The standard InChI is InChI=1S/C19H23NO.CHF3/c1-3-16-12-13-18(20-19(21)4-2)14-17(16)11-10-15-8-6-5-7-9-15;2-1(3)4/h4,11-14H,2-3,5-9H2,1H3,(H,20,21);1H. The second kappa shape index (κ2) is 11.3. The van der Waals surface area contributed by atoms with E-state index in [0.717, 1.165) is 17.7 Å². The maximum atomic E-state index is 11.4. The first-order valence-electron chi connectivity index (χ1n) is 8.39. The number of benzene rings is 1. The Labute approximate surface area is 147 Å². The second-order valence-electron chi connectivity index (χ2n) is 5.66. The van der Waals surface area contributed by atoms with E-state index in [9.17, 15) is 18.0 Å². The lowest BCUT2D eigenvalue weighted by molar-refractivity contribution is -0.111. The molecule has 25 heavy (non-hydrogen) atoms. The Bertz CT molecular complexity index is 636. The van der Waals surface area contributed by atoms with Crippen LogP contribution < -0.4 is 5.32 Å². The lowest BCUT2D eigenvalue weighted by Crippen LogP contribution is -2.07. The Kier molecular flexibility index (Phi) is 9.41. The molecule has 1 aromatic carbocycles. The number of halogens is 3. The van der Waals surface area contributed by atoms with Crippen molar-refractivity contribution >= 4 is 17.7 Å². The van der Waals surface area contributed by atoms with Crippen molar-refractivity contribution in [2.75, 3.05) is 5.32 Å². The smallest absolute Gasteiger partial charge is 0.323 e. The molecule has 1 saturated carbocycles. The van der Waals surface area contributed by atoms with Gasteiger partial charge in [0, 0.05) is 5.69 Å². The van der Waals surface area contributed by atoms with E-state index >= 15 is 0 Å². The lowest BCUT2D eigenvalue weighted by atomic mass is 9.95. The van der Waals surface area contributed by atoms with Crippen molar-refractivity contribution in [3.8, 4) is 0 Å². The summed E-state index contributed by atoms with van der Waals surface area (Å²) in [6.07, 6.45) is 10.6. The zero-order valence-corrected chi connectivity index (χ0v) is 14.5. The molecule has 1 aliphatic rings. The summed E-state index contributed by atoms with van der Waals surface area (Å²) in [4.78, 5) is 11.4. The third-order valence-electron chi connectivity index (χ3n) is 3.87. The molecule has 2 rings (SSSR count). The van der Waals surface area contributed by atoms with Crippen LogP contribution in [0, 0.1) is 0 Å². The fraction of sp³-hybridized carbons (Fsp3) is 0.400. The highest BCUT2D eigenvalue weighted by Gasteiger charge is 2.05. The first kappa shape index (κ1) is 20.8. The Morgan fingerprint density at radius 3 is 2.48 bits per heavy atom. The molecule has 1 aliphatic carbocycles. The van der Waals surface area contributed by atoms with Gasteiger partial charge in [-0.2, -0.15) is 13.2 Å². The number of carbonyl (C=O) groups is 1. The summed E-state index contributed by atoms with van der Waals surface area (Å²) in [5.41, 5.74) is 8.10. The molecule has 0 heterocycles. The molecule has 1 N–H and O–H groups in total. The highest BCUT2D eigenvalue weighted by Crippen LogP contribution is 2.23. The van der Waals surface area contributed by atoms with Crippen molar-refractivity contribution in [1.29, 1.82) is 0 Å². The summed E-state index contributed by atoms with van der Waals surface area (Å²) in [6.45, 7) is 1.95. The predicted molar refractivity (Wildman–Crippen MR) is 96.3 cm³/mol. The molecule has 1 amide bonds. The van der Waals surface area contributed by atoms with E-state index in [-0.39, 0.29) is 5.91 Å². The molecule has 136 valence electrons. The summed E-state index contributed by atoms with van der Waals surface area (Å²) >= 11 is 0. The van der Waals surface area contributed by atoms with Gasteiger partial charge in [-0.25, -0.2) is 0 Å². The summed E-state index contributed by atoms with van der Waals surface area (Å²) in [6, 6.07) is 6.01. The molecule has 1 fully saturated rings. The Balaban J connectivity index is 0.000000705. The van der Waals surface area contributed by atoms with Crippen LogP contribution in [-0.2, 0) is 11.2 Å². The number of rotatable bonds is 4. The second-order valence-corrected chi connectivity index (χ2v) is 5.66. The number of allylic oxidation sites excluding steroid dienone is 1. The molecule has 0 aliphatic heterocycles. The van der Waals surface area contributed by atoms with Gasteiger partial charge in [0.1, 0.15) is 0 Å². The van der Waals surface area contributed by atoms with Crippen molar-refractivity contribution in [3.05, 3.63) is 53.3 Å². The molecular weight excluding hydrogens is 327 g/mol. The SMILES string of the molecule is C=CC(=O)Nc1ccc(CC)c(C=C=C2CCCCC2)c1.FC(F)F. The topological polar surface area (TPSA) is 29.1 Å². The molecule has 5 heteroatoms. The van der Waals surface area contributed by atoms with Gasteiger partial charge in [-0.05, 0) is 73.1 Å². The van der Waals surface area contributed by atoms with E-state index in [2.05, 4.69) is 36.7 Å². The van der Waals surface area contributed by atoms with Crippen LogP contribution in [0.4, 0.5) is 18.9 Å². The highest BCUT2D eigenvalue weighted by atomic mass is 19.4. The van der Waals surface area contributed by atoms with E-state index in [0.29, 0.717) is 0 Å². The van der Waals surface area contributed by atoms with Crippen molar-refractivity contribution in [1.82, 2.24) is 0 Å². The number of carbonyl (C=O) groups excluding carboxylic acids is 1. The Morgan fingerprint density at radius 2 is 1.92 bits per heavy atom. The number of anilines is 1. The Morgan fingerprint density at radius 1 is 1.28 bits per heavy atom. The van der Waals surface area contributed by atoms with E-state index in [1.54, 1.807) is 0 Å². The lowest BCUT2D eigenvalue weighted by Gasteiger charge is -2.11. The maximum Gasteiger partial charge on any atom is 0.379 e. The molecule has 0 spiro atoms. The number of nitrogens with one attached hydrogen (secondary N) is 1. The van der Waals surface area contributed by atoms with Crippen LogP contribution in [0.1, 0.15) is 50.2 Å². The minimum absolute atomic E-state index is 0.181. The normalized spacial score (nSPS) is 13.4. The van der Waals surface area contributed by atoms with Gasteiger partial charge in [0.05, 0.1) is 0 Å². The fourth-order valence-corrected chi connectivity index (χ4v) is 2.63. The van der Waals surface area contributed by atoms with E-state index in [1.165, 1.54) is 49.3 Å². The van der Waals surface area contributed by atoms with Gasteiger partial charge in [-0.1, -0.05) is 26.0 Å². The van der Waals surface area contributed by atoms with Crippen LogP contribution >= 0.6 is 0 Å².